The number of anilines is 1. The van der Waals surface area contributed by atoms with Crippen LogP contribution < -0.4 is 5.32 Å². The van der Waals surface area contributed by atoms with E-state index in [0.29, 0.717) is 11.3 Å². The van der Waals surface area contributed by atoms with Gasteiger partial charge in [-0.1, -0.05) is 29.3 Å². The van der Waals surface area contributed by atoms with Crippen LogP contribution >= 0.6 is 11.6 Å². The summed E-state index contributed by atoms with van der Waals surface area (Å²) in [5, 5.41) is 2.72. The molecule has 2 aromatic rings. The van der Waals surface area contributed by atoms with E-state index in [2.05, 4.69) is 5.32 Å². The predicted molar refractivity (Wildman–Crippen MR) is 80.0 cm³/mol. The molecule has 0 saturated heterocycles. The zero-order chi connectivity index (χ0) is 14.9. The molecule has 1 N–H and O–H groups in total. The van der Waals surface area contributed by atoms with Gasteiger partial charge in [-0.3, -0.25) is 4.79 Å². The van der Waals surface area contributed by atoms with Gasteiger partial charge in [0.1, 0.15) is 5.82 Å². The predicted octanol–water partition coefficient (Wildman–Crippen LogP) is 4.66. The third-order valence-electron chi connectivity index (χ3n) is 3.08. The molecule has 104 valence electrons. The Hall–Kier alpha value is -1.87. The van der Waals surface area contributed by atoms with Gasteiger partial charge in [0.05, 0.1) is 5.02 Å². The van der Waals surface area contributed by atoms with Crippen molar-refractivity contribution in [1.82, 2.24) is 0 Å². The van der Waals surface area contributed by atoms with Gasteiger partial charge in [0.15, 0.2) is 0 Å². The topological polar surface area (TPSA) is 29.1 Å². The highest BCUT2D eigenvalue weighted by atomic mass is 35.5. The van der Waals surface area contributed by atoms with Crippen molar-refractivity contribution < 1.29 is 9.18 Å². The number of benzene rings is 2. The normalized spacial score (nSPS) is 10.4. The molecule has 2 aromatic carbocycles. The van der Waals surface area contributed by atoms with Crippen molar-refractivity contribution in [3.8, 4) is 0 Å². The zero-order valence-corrected chi connectivity index (χ0v) is 12.3. The molecule has 20 heavy (non-hydrogen) atoms. The maximum absolute atomic E-state index is 13.1. The van der Waals surface area contributed by atoms with Crippen molar-refractivity contribution >= 4 is 23.2 Å². The van der Waals surface area contributed by atoms with Crippen molar-refractivity contribution in [1.29, 1.82) is 0 Å². The zero-order valence-electron chi connectivity index (χ0n) is 11.6. The number of amides is 1. The van der Waals surface area contributed by atoms with Gasteiger partial charge in [-0.25, -0.2) is 4.39 Å². The summed E-state index contributed by atoms with van der Waals surface area (Å²) >= 11 is 5.70. The van der Waals surface area contributed by atoms with Gasteiger partial charge in [-0.05, 0) is 50.1 Å². The molecule has 0 aromatic heterocycles. The van der Waals surface area contributed by atoms with Crippen LogP contribution in [0.25, 0.3) is 0 Å². The second kappa shape index (κ2) is 5.63. The van der Waals surface area contributed by atoms with Gasteiger partial charge in [0.25, 0.3) is 5.91 Å². The highest BCUT2D eigenvalue weighted by molar-refractivity contribution is 6.31. The highest BCUT2D eigenvalue weighted by Gasteiger charge is 2.13. The van der Waals surface area contributed by atoms with Crippen LogP contribution in [0.4, 0.5) is 10.1 Å². The van der Waals surface area contributed by atoms with Gasteiger partial charge in [-0.2, -0.15) is 0 Å². The molecule has 2 nitrogen and oxygen atoms in total. The number of aryl methyl sites for hydroxylation is 3. The van der Waals surface area contributed by atoms with Gasteiger partial charge < -0.3 is 5.32 Å². The molecule has 2 rings (SSSR count). The van der Waals surface area contributed by atoms with E-state index in [9.17, 15) is 9.18 Å². The summed E-state index contributed by atoms with van der Waals surface area (Å²) in [6.45, 7) is 5.78. The molecule has 0 aliphatic heterocycles. The monoisotopic (exact) mass is 291 g/mol. The van der Waals surface area contributed by atoms with E-state index in [4.69, 9.17) is 11.6 Å². The maximum Gasteiger partial charge on any atom is 0.256 e. The number of halogens is 2. The molecule has 0 spiro atoms. The standard InChI is InChI=1S/C16H15ClFNO/c1-9-6-10(2)15(11(3)7-9)16(20)19-12-4-5-14(18)13(17)8-12/h4-8H,1-3H3,(H,19,20). The van der Waals surface area contributed by atoms with Gasteiger partial charge >= 0.3 is 0 Å². The molecule has 0 heterocycles. The molecule has 0 aliphatic carbocycles. The Morgan fingerprint density at radius 1 is 1.10 bits per heavy atom. The fourth-order valence-corrected chi connectivity index (χ4v) is 2.49. The molecule has 0 radical (unpaired) electrons. The van der Waals surface area contributed by atoms with E-state index in [-0.39, 0.29) is 10.9 Å². The highest BCUT2D eigenvalue weighted by Crippen LogP contribution is 2.22. The van der Waals surface area contributed by atoms with E-state index in [0.717, 1.165) is 16.7 Å². The van der Waals surface area contributed by atoms with Crippen LogP contribution in [0.2, 0.25) is 5.02 Å². The van der Waals surface area contributed by atoms with E-state index < -0.39 is 5.82 Å². The molecule has 0 atom stereocenters. The van der Waals surface area contributed by atoms with Crippen molar-refractivity contribution in [3.63, 3.8) is 0 Å². The summed E-state index contributed by atoms with van der Waals surface area (Å²) < 4.78 is 13.1. The molecule has 0 unspecified atom stereocenters. The van der Waals surface area contributed by atoms with E-state index in [1.54, 1.807) is 0 Å². The Morgan fingerprint density at radius 3 is 2.25 bits per heavy atom. The molecule has 0 bridgehead atoms. The number of nitrogens with one attached hydrogen (secondary N) is 1. The molecular formula is C16H15ClFNO. The summed E-state index contributed by atoms with van der Waals surface area (Å²) in [5.41, 5.74) is 4.04. The van der Waals surface area contributed by atoms with E-state index in [1.807, 2.05) is 32.9 Å². The third kappa shape index (κ3) is 2.99. The quantitative estimate of drug-likeness (QED) is 0.857. The lowest BCUT2D eigenvalue weighted by atomic mass is 9.99. The van der Waals surface area contributed by atoms with Crippen molar-refractivity contribution in [2.75, 3.05) is 5.32 Å². The summed E-state index contributed by atoms with van der Waals surface area (Å²) in [6.07, 6.45) is 0. The molecule has 0 aliphatic rings. The Balaban J connectivity index is 2.31. The summed E-state index contributed by atoms with van der Waals surface area (Å²) in [4.78, 5) is 12.3. The fourth-order valence-electron chi connectivity index (χ4n) is 2.31. The number of rotatable bonds is 2. The van der Waals surface area contributed by atoms with Crippen LogP contribution in [0, 0.1) is 26.6 Å². The summed E-state index contributed by atoms with van der Waals surface area (Å²) in [6, 6.07) is 8.03. The molecule has 4 heteroatoms. The smallest absolute Gasteiger partial charge is 0.256 e. The molecular weight excluding hydrogens is 277 g/mol. The van der Waals surface area contributed by atoms with Crippen molar-refractivity contribution in [2.45, 2.75) is 20.8 Å². The minimum atomic E-state index is -0.507. The van der Waals surface area contributed by atoms with E-state index >= 15 is 0 Å². The summed E-state index contributed by atoms with van der Waals surface area (Å²) in [7, 11) is 0. The number of carbonyl (C=O) groups excluding carboxylic acids is 1. The molecule has 0 fully saturated rings. The minimum Gasteiger partial charge on any atom is -0.322 e. The number of hydrogen-bond donors (Lipinski definition) is 1. The van der Waals surface area contributed by atoms with Crippen molar-refractivity contribution in [3.05, 3.63) is 63.4 Å². The number of hydrogen-bond acceptors (Lipinski definition) is 1. The second-order valence-electron chi connectivity index (χ2n) is 4.86. The summed E-state index contributed by atoms with van der Waals surface area (Å²) in [5.74, 6) is -0.727. The SMILES string of the molecule is Cc1cc(C)c(C(=O)Nc2ccc(F)c(Cl)c2)c(C)c1. The second-order valence-corrected chi connectivity index (χ2v) is 5.26. The van der Waals surface area contributed by atoms with Crippen LogP contribution in [0.3, 0.4) is 0 Å². The lowest BCUT2D eigenvalue weighted by molar-refractivity contribution is 0.102. The lowest BCUT2D eigenvalue weighted by Crippen LogP contribution is -2.15. The largest absolute Gasteiger partial charge is 0.322 e. The Morgan fingerprint density at radius 2 is 1.70 bits per heavy atom. The first-order chi connectivity index (χ1) is 9.38. The first-order valence-electron chi connectivity index (χ1n) is 6.22. The Kier molecular flexibility index (Phi) is 4.09. The van der Waals surface area contributed by atoms with Crippen LogP contribution in [0.1, 0.15) is 27.0 Å². The first kappa shape index (κ1) is 14.5. The van der Waals surface area contributed by atoms with Gasteiger partial charge in [-0.15, -0.1) is 0 Å². The Labute approximate surface area is 122 Å². The number of carbonyl (C=O) groups is 1. The minimum absolute atomic E-state index is 0.0137. The molecule has 1 amide bonds. The first-order valence-corrected chi connectivity index (χ1v) is 6.60. The lowest BCUT2D eigenvalue weighted by Gasteiger charge is -2.12. The van der Waals surface area contributed by atoms with Crippen LogP contribution in [-0.2, 0) is 0 Å². The van der Waals surface area contributed by atoms with Gasteiger partial charge in [0, 0.05) is 11.3 Å². The maximum atomic E-state index is 13.1. The van der Waals surface area contributed by atoms with Gasteiger partial charge in [0.2, 0.25) is 0 Å². The average molecular weight is 292 g/mol. The van der Waals surface area contributed by atoms with Crippen LogP contribution in [0.5, 0.6) is 0 Å². The van der Waals surface area contributed by atoms with Crippen molar-refractivity contribution in [2.24, 2.45) is 0 Å². The average Bonchev–Trinajstić information content (AvgIpc) is 2.32. The molecule has 0 saturated carbocycles. The van der Waals surface area contributed by atoms with Crippen LogP contribution in [-0.4, -0.2) is 5.91 Å². The fraction of sp³-hybridized carbons (Fsp3) is 0.188. The van der Waals surface area contributed by atoms with E-state index in [1.165, 1.54) is 18.2 Å². The van der Waals surface area contributed by atoms with Crippen LogP contribution in [0.15, 0.2) is 30.3 Å². The third-order valence-corrected chi connectivity index (χ3v) is 3.37. The Bertz CT molecular complexity index is 659.